The lowest BCUT2D eigenvalue weighted by Gasteiger charge is -2.10. The van der Waals surface area contributed by atoms with E-state index in [1.165, 1.54) is 6.07 Å². The first-order chi connectivity index (χ1) is 6.15. The van der Waals surface area contributed by atoms with E-state index in [0.29, 0.717) is 12.0 Å². The summed E-state index contributed by atoms with van der Waals surface area (Å²) >= 11 is 0. The lowest BCUT2D eigenvalue weighted by atomic mass is 10.0. The summed E-state index contributed by atoms with van der Waals surface area (Å²) in [5, 5.41) is 8.67. The third-order valence-corrected chi connectivity index (χ3v) is 2.05. The summed E-state index contributed by atoms with van der Waals surface area (Å²) in [5.41, 5.74) is 7.20. The van der Waals surface area contributed by atoms with E-state index >= 15 is 0 Å². The van der Waals surface area contributed by atoms with Crippen molar-refractivity contribution < 1.29 is 9.50 Å². The zero-order chi connectivity index (χ0) is 9.84. The van der Waals surface area contributed by atoms with Crippen LogP contribution in [0.2, 0.25) is 0 Å². The molecule has 1 rings (SSSR count). The van der Waals surface area contributed by atoms with Crippen molar-refractivity contribution in [1.29, 1.82) is 0 Å². The van der Waals surface area contributed by atoms with Crippen LogP contribution >= 0.6 is 12.4 Å². The van der Waals surface area contributed by atoms with Crippen molar-refractivity contribution in [3.05, 3.63) is 35.1 Å². The van der Waals surface area contributed by atoms with Gasteiger partial charge in [-0.15, -0.1) is 12.4 Å². The summed E-state index contributed by atoms with van der Waals surface area (Å²) in [4.78, 5) is 0. The van der Waals surface area contributed by atoms with Crippen LogP contribution in [-0.4, -0.2) is 11.7 Å². The number of hydrogen-bond acceptors (Lipinski definition) is 2. The normalized spacial score (nSPS) is 12.0. The molecule has 0 heterocycles. The van der Waals surface area contributed by atoms with Crippen molar-refractivity contribution in [3.8, 4) is 0 Å². The molecule has 0 radical (unpaired) electrons. The molecule has 0 saturated carbocycles. The first-order valence-electron chi connectivity index (χ1n) is 4.27. The summed E-state index contributed by atoms with van der Waals surface area (Å²) in [7, 11) is 0. The van der Waals surface area contributed by atoms with Gasteiger partial charge in [-0.2, -0.15) is 0 Å². The molecular formula is C10H15ClFNO. The van der Waals surface area contributed by atoms with Crippen LogP contribution in [0.4, 0.5) is 4.39 Å². The number of aliphatic hydroxyl groups excluding tert-OH is 1. The van der Waals surface area contributed by atoms with Crippen LogP contribution in [0.15, 0.2) is 18.2 Å². The van der Waals surface area contributed by atoms with Crippen LogP contribution in [-0.2, 0) is 0 Å². The van der Waals surface area contributed by atoms with Gasteiger partial charge in [-0.1, -0.05) is 12.1 Å². The van der Waals surface area contributed by atoms with Gasteiger partial charge in [0.2, 0.25) is 0 Å². The highest BCUT2D eigenvalue weighted by atomic mass is 35.5. The number of hydrogen-bond donors (Lipinski definition) is 2. The molecule has 3 N–H and O–H groups in total. The summed E-state index contributed by atoms with van der Waals surface area (Å²) in [6.45, 7) is 1.75. The lowest BCUT2D eigenvalue weighted by Crippen LogP contribution is -2.12. The van der Waals surface area contributed by atoms with Crippen molar-refractivity contribution in [2.75, 3.05) is 6.61 Å². The Kier molecular flexibility index (Phi) is 5.69. The van der Waals surface area contributed by atoms with Crippen molar-refractivity contribution in [3.63, 3.8) is 0 Å². The molecule has 0 fully saturated rings. The molecule has 0 aliphatic rings. The van der Waals surface area contributed by atoms with Gasteiger partial charge in [0, 0.05) is 12.6 Å². The highest BCUT2D eigenvalue weighted by molar-refractivity contribution is 5.85. The Morgan fingerprint density at radius 2 is 2.14 bits per heavy atom. The van der Waals surface area contributed by atoms with E-state index in [1.54, 1.807) is 19.1 Å². The van der Waals surface area contributed by atoms with Gasteiger partial charge in [0.1, 0.15) is 5.82 Å². The second-order valence-corrected chi connectivity index (χ2v) is 3.13. The molecule has 0 aliphatic carbocycles. The van der Waals surface area contributed by atoms with Gasteiger partial charge in [-0.05, 0) is 30.5 Å². The number of halogens is 2. The maximum absolute atomic E-state index is 12.9. The third kappa shape index (κ3) is 3.25. The van der Waals surface area contributed by atoms with Gasteiger partial charge in [-0.3, -0.25) is 0 Å². The Morgan fingerprint density at radius 1 is 1.50 bits per heavy atom. The molecule has 0 spiro atoms. The molecule has 1 unspecified atom stereocenters. The molecule has 0 aliphatic heterocycles. The van der Waals surface area contributed by atoms with E-state index in [4.69, 9.17) is 10.8 Å². The van der Waals surface area contributed by atoms with Crippen molar-refractivity contribution in [2.24, 2.45) is 5.73 Å². The van der Waals surface area contributed by atoms with Crippen LogP contribution in [0.1, 0.15) is 23.6 Å². The van der Waals surface area contributed by atoms with Gasteiger partial charge in [0.15, 0.2) is 0 Å². The Labute approximate surface area is 89.3 Å². The van der Waals surface area contributed by atoms with E-state index in [2.05, 4.69) is 0 Å². The monoisotopic (exact) mass is 219 g/mol. The lowest BCUT2D eigenvalue weighted by molar-refractivity contribution is 0.276. The summed E-state index contributed by atoms with van der Waals surface area (Å²) in [6, 6.07) is 4.57. The first-order valence-corrected chi connectivity index (χ1v) is 4.27. The van der Waals surface area contributed by atoms with Crippen molar-refractivity contribution in [2.45, 2.75) is 19.4 Å². The molecular weight excluding hydrogens is 205 g/mol. The molecule has 14 heavy (non-hydrogen) atoms. The predicted molar refractivity (Wildman–Crippen MR) is 57.0 cm³/mol. The SMILES string of the molecule is Cc1cc(C(N)CCO)ccc1F.Cl. The largest absolute Gasteiger partial charge is 0.396 e. The van der Waals surface area contributed by atoms with E-state index in [-0.39, 0.29) is 30.9 Å². The zero-order valence-corrected chi connectivity index (χ0v) is 8.85. The zero-order valence-electron chi connectivity index (χ0n) is 8.03. The topological polar surface area (TPSA) is 46.2 Å². The minimum absolute atomic E-state index is 0. The average Bonchev–Trinajstić information content (AvgIpc) is 2.10. The molecule has 1 aromatic carbocycles. The highest BCUT2D eigenvalue weighted by Gasteiger charge is 2.06. The maximum atomic E-state index is 12.9. The van der Waals surface area contributed by atoms with Crippen molar-refractivity contribution in [1.82, 2.24) is 0 Å². The van der Waals surface area contributed by atoms with Crippen LogP contribution < -0.4 is 5.73 Å². The van der Waals surface area contributed by atoms with Gasteiger partial charge >= 0.3 is 0 Å². The predicted octanol–water partition coefficient (Wildman–Crippen LogP) is 1.94. The highest BCUT2D eigenvalue weighted by Crippen LogP contribution is 2.16. The second kappa shape index (κ2) is 5.96. The fourth-order valence-corrected chi connectivity index (χ4v) is 1.20. The fourth-order valence-electron chi connectivity index (χ4n) is 1.20. The molecule has 1 atom stereocenters. The Bertz CT molecular complexity index is 293. The van der Waals surface area contributed by atoms with Crippen LogP contribution in [0.25, 0.3) is 0 Å². The number of aliphatic hydroxyl groups is 1. The van der Waals surface area contributed by atoms with Crippen LogP contribution in [0, 0.1) is 12.7 Å². The van der Waals surface area contributed by atoms with Gasteiger partial charge in [0.25, 0.3) is 0 Å². The minimum Gasteiger partial charge on any atom is -0.396 e. The Morgan fingerprint density at radius 3 is 2.64 bits per heavy atom. The maximum Gasteiger partial charge on any atom is 0.126 e. The molecule has 0 aromatic heterocycles. The van der Waals surface area contributed by atoms with Crippen LogP contribution in [0.3, 0.4) is 0 Å². The molecule has 0 amide bonds. The quantitative estimate of drug-likeness (QED) is 0.816. The third-order valence-electron chi connectivity index (χ3n) is 2.05. The molecule has 80 valence electrons. The standard InChI is InChI=1S/C10H14FNO.ClH/c1-7-6-8(2-3-9(7)11)10(12)4-5-13;/h2-3,6,10,13H,4-5,12H2,1H3;1H. The van der Waals surface area contributed by atoms with Gasteiger partial charge in [-0.25, -0.2) is 4.39 Å². The second-order valence-electron chi connectivity index (χ2n) is 3.13. The molecule has 0 saturated heterocycles. The van der Waals surface area contributed by atoms with E-state index in [9.17, 15) is 4.39 Å². The summed E-state index contributed by atoms with van der Waals surface area (Å²) in [6.07, 6.45) is 0.505. The fraction of sp³-hybridized carbons (Fsp3) is 0.400. The first kappa shape index (κ1) is 13.4. The number of aryl methyl sites for hydroxylation is 1. The van der Waals surface area contributed by atoms with E-state index in [0.717, 1.165) is 5.56 Å². The smallest absolute Gasteiger partial charge is 0.126 e. The molecule has 4 heteroatoms. The average molecular weight is 220 g/mol. The minimum atomic E-state index is -0.222. The molecule has 2 nitrogen and oxygen atoms in total. The van der Waals surface area contributed by atoms with E-state index in [1.807, 2.05) is 0 Å². The number of rotatable bonds is 3. The Balaban J connectivity index is 0.00000169. The summed E-state index contributed by atoms with van der Waals surface area (Å²) in [5.74, 6) is -0.222. The molecule has 0 bridgehead atoms. The van der Waals surface area contributed by atoms with E-state index < -0.39 is 0 Å². The van der Waals surface area contributed by atoms with Crippen LogP contribution in [0.5, 0.6) is 0 Å². The number of nitrogens with two attached hydrogens (primary N) is 1. The van der Waals surface area contributed by atoms with Crippen molar-refractivity contribution >= 4 is 12.4 Å². The Hall–Kier alpha value is -0.640. The molecule has 1 aromatic rings. The number of benzene rings is 1. The van der Waals surface area contributed by atoms with Gasteiger partial charge < -0.3 is 10.8 Å². The van der Waals surface area contributed by atoms with Gasteiger partial charge in [0.05, 0.1) is 0 Å². The summed E-state index contributed by atoms with van der Waals surface area (Å²) < 4.78 is 12.9.